The fraction of sp³-hybridized carbons (Fsp3) is 0.588. The number of carbonyl (C=O) groups excluding carboxylic acids is 1. The van der Waals surface area contributed by atoms with Crippen molar-refractivity contribution in [2.24, 2.45) is 0 Å². The van der Waals surface area contributed by atoms with Gasteiger partial charge in [0.25, 0.3) is 5.91 Å². The van der Waals surface area contributed by atoms with Crippen molar-refractivity contribution in [2.75, 3.05) is 46.9 Å². The van der Waals surface area contributed by atoms with Gasteiger partial charge in [0, 0.05) is 25.2 Å². The average Bonchev–Trinajstić information content (AvgIpc) is 2.79. The van der Waals surface area contributed by atoms with Gasteiger partial charge in [0.2, 0.25) is 0 Å². The third-order valence-corrected chi connectivity index (χ3v) is 4.05. The van der Waals surface area contributed by atoms with Gasteiger partial charge in [-0.25, -0.2) is 0 Å². The molecule has 0 aromatic heterocycles. The Morgan fingerprint density at radius 3 is 2.55 bits per heavy atom. The highest BCUT2D eigenvalue weighted by Gasteiger charge is 2.21. The molecule has 1 aliphatic rings. The molecule has 0 N–H and O–H groups in total. The zero-order chi connectivity index (χ0) is 15.9. The van der Waals surface area contributed by atoms with Gasteiger partial charge in [-0.05, 0) is 44.1 Å². The molecule has 1 aromatic rings. The van der Waals surface area contributed by atoms with E-state index in [0.29, 0.717) is 17.1 Å². The highest BCUT2D eigenvalue weighted by atomic mass is 16.5. The summed E-state index contributed by atoms with van der Waals surface area (Å²) in [6, 6.07) is 5.35. The van der Waals surface area contributed by atoms with Crippen molar-refractivity contribution in [1.82, 2.24) is 9.80 Å². The van der Waals surface area contributed by atoms with E-state index in [1.54, 1.807) is 32.4 Å². The van der Waals surface area contributed by atoms with Crippen LogP contribution >= 0.6 is 0 Å². The molecule has 0 aliphatic carbocycles. The number of amides is 1. The summed E-state index contributed by atoms with van der Waals surface area (Å²) in [6.45, 7) is 6.92. The van der Waals surface area contributed by atoms with Crippen LogP contribution in [0.3, 0.4) is 0 Å². The number of nitrogens with zero attached hydrogens (tertiary/aromatic N) is 2. The predicted molar refractivity (Wildman–Crippen MR) is 86.8 cm³/mol. The second-order valence-electron chi connectivity index (χ2n) is 5.56. The first-order valence-electron chi connectivity index (χ1n) is 7.93. The lowest BCUT2D eigenvalue weighted by atomic mass is 10.1. The van der Waals surface area contributed by atoms with Crippen molar-refractivity contribution in [3.05, 3.63) is 23.8 Å². The molecule has 1 aliphatic heterocycles. The third kappa shape index (κ3) is 3.91. The number of rotatable bonds is 5. The van der Waals surface area contributed by atoms with Crippen LogP contribution < -0.4 is 9.47 Å². The second kappa shape index (κ2) is 8.03. The minimum atomic E-state index is 0.0688. The quantitative estimate of drug-likeness (QED) is 0.837. The molecule has 2 rings (SSSR count). The van der Waals surface area contributed by atoms with Gasteiger partial charge in [-0.15, -0.1) is 0 Å². The number of carbonyl (C=O) groups is 1. The first kappa shape index (κ1) is 16.6. The fourth-order valence-electron chi connectivity index (χ4n) is 2.87. The molecule has 5 nitrogen and oxygen atoms in total. The third-order valence-electron chi connectivity index (χ3n) is 4.05. The zero-order valence-electron chi connectivity index (χ0n) is 13.8. The summed E-state index contributed by atoms with van der Waals surface area (Å²) in [5, 5.41) is 0. The first-order valence-corrected chi connectivity index (χ1v) is 7.93. The van der Waals surface area contributed by atoms with Crippen LogP contribution in [0.5, 0.6) is 11.5 Å². The maximum absolute atomic E-state index is 12.7. The Kier molecular flexibility index (Phi) is 6.07. The maximum atomic E-state index is 12.7. The zero-order valence-corrected chi connectivity index (χ0v) is 13.8. The van der Waals surface area contributed by atoms with Gasteiger partial charge in [-0.1, -0.05) is 6.92 Å². The summed E-state index contributed by atoms with van der Waals surface area (Å²) < 4.78 is 10.5. The Morgan fingerprint density at radius 1 is 1.09 bits per heavy atom. The average molecular weight is 306 g/mol. The SMILES string of the molecule is CCCN1CCCN(C(=O)c2ccc(OC)c(OC)c2)CC1. The number of methoxy groups -OCH3 is 2. The topological polar surface area (TPSA) is 42.0 Å². The molecule has 0 spiro atoms. The van der Waals surface area contributed by atoms with Crippen LogP contribution in [0.25, 0.3) is 0 Å². The molecular formula is C17H26N2O3. The Hall–Kier alpha value is -1.75. The molecule has 0 saturated carbocycles. The van der Waals surface area contributed by atoms with E-state index in [-0.39, 0.29) is 5.91 Å². The molecule has 1 aromatic carbocycles. The summed E-state index contributed by atoms with van der Waals surface area (Å²) in [6.07, 6.45) is 2.18. The Morgan fingerprint density at radius 2 is 1.86 bits per heavy atom. The van der Waals surface area contributed by atoms with Crippen LogP contribution in [0, 0.1) is 0 Å². The molecule has 5 heteroatoms. The Labute approximate surface area is 132 Å². The normalized spacial score (nSPS) is 16.2. The second-order valence-corrected chi connectivity index (χ2v) is 5.56. The standard InChI is InChI=1S/C17H26N2O3/c1-4-8-18-9-5-10-19(12-11-18)17(20)14-6-7-15(21-2)16(13-14)22-3/h6-7,13H,4-5,8-12H2,1-3H3. The number of hydrogen-bond donors (Lipinski definition) is 0. The van der Waals surface area contributed by atoms with Crippen molar-refractivity contribution < 1.29 is 14.3 Å². The molecule has 1 saturated heterocycles. The van der Waals surface area contributed by atoms with E-state index in [9.17, 15) is 4.79 Å². The Bertz CT molecular complexity index is 505. The largest absolute Gasteiger partial charge is 0.493 e. The summed E-state index contributed by atoms with van der Waals surface area (Å²) in [5.74, 6) is 1.30. The summed E-state index contributed by atoms with van der Waals surface area (Å²) in [7, 11) is 3.18. The van der Waals surface area contributed by atoms with E-state index in [2.05, 4.69) is 11.8 Å². The lowest BCUT2D eigenvalue weighted by molar-refractivity contribution is 0.0761. The van der Waals surface area contributed by atoms with Crippen molar-refractivity contribution >= 4 is 5.91 Å². The molecule has 1 fully saturated rings. The molecule has 1 amide bonds. The van der Waals surface area contributed by atoms with Crippen LogP contribution in [0.2, 0.25) is 0 Å². The molecule has 122 valence electrons. The van der Waals surface area contributed by atoms with Crippen LogP contribution in [0.15, 0.2) is 18.2 Å². The number of ether oxygens (including phenoxy) is 2. The van der Waals surface area contributed by atoms with Crippen LogP contribution in [-0.2, 0) is 0 Å². The van der Waals surface area contributed by atoms with E-state index in [1.165, 1.54) is 0 Å². The van der Waals surface area contributed by atoms with Gasteiger partial charge in [0.1, 0.15) is 0 Å². The smallest absolute Gasteiger partial charge is 0.254 e. The number of benzene rings is 1. The maximum Gasteiger partial charge on any atom is 0.254 e. The monoisotopic (exact) mass is 306 g/mol. The highest BCUT2D eigenvalue weighted by molar-refractivity contribution is 5.95. The minimum Gasteiger partial charge on any atom is -0.493 e. The summed E-state index contributed by atoms with van der Waals surface area (Å²) in [4.78, 5) is 17.1. The summed E-state index contributed by atoms with van der Waals surface area (Å²) >= 11 is 0. The molecule has 0 unspecified atom stereocenters. The molecule has 22 heavy (non-hydrogen) atoms. The van der Waals surface area contributed by atoms with Gasteiger partial charge < -0.3 is 19.3 Å². The van der Waals surface area contributed by atoms with Crippen LogP contribution in [0.4, 0.5) is 0 Å². The van der Waals surface area contributed by atoms with Gasteiger partial charge in [-0.2, -0.15) is 0 Å². The van der Waals surface area contributed by atoms with Gasteiger partial charge in [0.05, 0.1) is 14.2 Å². The molecule has 0 atom stereocenters. The minimum absolute atomic E-state index is 0.0688. The Balaban J connectivity index is 2.07. The van der Waals surface area contributed by atoms with Crippen LogP contribution in [0.1, 0.15) is 30.1 Å². The van der Waals surface area contributed by atoms with E-state index in [4.69, 9.17) is 9.47 Å². The van der Waals surface area contributed by atoms with E-state index in [1.807, 2.05) is 4.90 Å². The predicted octanol–water partition coefficient (Wildman–Crippen LogP) is 2.26. The first-order chi connectivity index (χ1) is 10.7. The lowest BCUT2D eigenvalue weighted by Gasteiger charge is -2.22. The molecule has 0 bridgehead atoms. The molecular weight excluding hydrogens is 280 g/mol. The van der Waals surface area contributed by atoms with E-state index < -0.39 is 0 Å². The van der Waals surface area contributed by atoms with E-state index in [0.717, 1.165) is 45.6 Å². The van der Waals surface area contributed by atoms with Crippen molar-refractivity contribution in [1.29, 1.82) is 0 Å². The fourth-order valence-corrected chi connectivity index (χ4v) is 2.87. The highest BCUT2D eigenvalue weighted by Crippen LogP contribution is 2.28. The molecule has 1 heterocycles. The van der Waals surface area contributed by atoms with Gasteiger partial charge in [0.15, 0.2) is 11.5 Å². The van der Waals surface area contributed by atoms with Gasteiger partial charge in [-0.3, -0.25) is 4.79 Å². The van der Waals surface area contributed by atoms with Gasteiger partial charge >= 0.3 is 0 Å². The lowest BCUT2D eigenvalue weighted by Crippen LogP contribution is -2.35. The van der Waals surface area contributed by atoms with Crippen molar-refractivity contribution in [2.45, 2.75) is 19.8 Å². The van der Waals surface area contributed by atoms with Crippen LogP contribution in [-0.4, -0.2) is 62.7 Å². The van der Waals surface area contributed by atoms with Crippen molar-refractivity contribution in [3.8, 4) is 11.5 Å². The van der Waals surface area contributed by atoms with Crippen molar-refractivity contribution in [3.63, 3.8) is 0 Å². The number of hydrogen-bond acceptors (Lipinski definition) is 4. The molecule has 0 radical (unpaired) electrons. The van der Waals surface area contributed by atoms with E-state index >= 15 is 0 Å². The summed E-state index contributed by atoms with van der Waals surface area (Å²) in [5.41, 5.74) is 0.654.